The molecule has 0 bridgehead atoms. The second-order valence-corrected chi connectivity index (χ2v) is 8.00. The van der Waals surface area contributed by atoms with Crippen LogP contribution in [0.3, 0.4) is 0 Å². The van der Waals surface area contributed by atoms with E-state index >= 15 is 0 Å². The van der Waals surface area contributed by atoms with Gasteiger partial charge in [0.15, 0.2) is 0 Å². The number of likely N-dealkylation sites (tertiary alicyclic amines) is 1. The van der Waals surface area contributed by atoms with E-state index in [1.807, 2.05) is 6.07 Å². The van der Waals surface area contributed by atoms with E-state index in [9.17, 15) is 4.79 Å². The highest BCUT2D eigenvalue weighted by atomic mass is 16.1. The first-order chi connectivity index (χ1) is 14.2. The Labute approximate surface area is 170 Å². The number of hydrogen-bond acceptors (Lipinski definition) is 2. The molecule has 29 heavy (non-hydrogen) atoms. The lowest BCUT2D eigenvalue weighted by molar-refractivity contribution is 0.204. The van der Waals surface area contributed by atoms with Crippen molar-refractivity contribution in [2.75, 3.05) is 13.1 Å². The molecule has 2 N–H and O–H groups in total. The van der Waals surface area contributed by atoms with Gasteiger partial charge in [-0.1, -0.05) is 60.7 Å². The molecule has 1 aromatic heterocycles. The first-order valence-electron chi connectivity index (χ1n) is 10.3. The number of aromatic nitrogens is 2. The quantitative estimate of drug-likeness (QED) is 0.526. The van der Waals surface area contributed by atoms with E-state index in [0.29, 0.717) is 5.92 Å². The van der Waals surface area contributed by atoms with Gasteiger partial charge in [-0.25, -0.2) is 4.79 Å². The number of hydrogen-bond donors (Lipinski definition) is 2. The van der Waals surface area contributed by atoms with Crippen LogP contribution in [0.4, 0.5) is 0 Å². The fourth-order valence-corrected chi connectivity index (χ4v) is 4.42. The summed E-state index contributed by atoms with van der Waals surface area (Å²) in [6.45, 7) is 3.21. The minimum Gasteiger partial charge on any atom is -0.306 e. The molecule has 0 spiro atoms. The van der Waals surface area contributed by atoms with Crippen molar-refractivity contribution in [1.82, 2.24) is 14.9 Å². The molecule has 0 amide bonds. The number of rotatable bonds is 4. The summed E-state index contributed by atoms with van der Waals surface area (Å²) in [4.78, 5) is 19.7. The maximum absolute atomic E-state index is 11.5. The number of fused-ring (bicyclic) bond motifs is 1. The third-order valence-corrected chi connectivity index (χ3v) is 6.07. The first kappa shape index (κ1) is 18.0. The molecule has 1 fully saturated rings. The maximum Gasteiger partial charge on any atom is 0.323 e. The Balaban J connectivity index is 1.21. The zero-order chi connectivity index (χ0) is 19.6. The number of benzene rings is 3. The number of H-pyrrole nitrogens is 2. The minimum absolute atomic E-state index is 0.134. The lowest BCUT2D eigenvalue weighted by Gasteiger charge is -2.32. The topological polar surface area (TPSA) is 51.9 Å². The molecular weight excluding hydrogens is 358 g/mol. The zero-order valence-corrected chi connectivity index (χ0v) is 16.4. The number of piperidine rings is 1. The van der Waals surface area contributed by atoms with Crippen molar-refractivity contribution < 1.29 is 0 Å². The van der Waals surface area contributed by atoms with Gasteiger partial charge in [0, 0.05) is 6.54 Å². The molecule has 0 radical (unpaired) electrons. The van der Waals surface area contributed by atoms with Crippen molar-refractivity contribution in [2.24, 2.45) is 0 Å². The van der Waals surface area contributed by atoms with Gasteiger partial charge < -0.3 is 9.97 Å². The van der Waals surface area contributed by atoms with E-state index < -0.39 is 0 Å². The summed E-state index contributed by atoms with van der Waals surface area (Å²) in [5.74, 6) is 0.564. The van der Waals surface area contributed by atoms with Gasteiger partial charge in [-0.15, -0.1) is 0 Å². The molecule has 0 aliphatic carbocycles. The van der Waals surface area contributed by atoms with Gasteiger partial charge in [-0.3, -0.25) is 4.90 Å². The molecule has 4 aromatic rings. The third-order valence-electron chi connectivity index (χ3n) is 6.07. The maximum atomic E-state index is 11.5. The summed E-state index contributed by atoms with van der Waals surface area (Å²) in [6.07, 6.45) is 2.31. The van der Waals surface area contributed by atoms with Crippen LogP contribution >= 0.6 is 0 Å². The van der Waals surface area contributed by atoms with Crippen LogP contribution < -0.4 is 5.69 Å². The monoisotopic (exact) mass is 383 g/mol. The molecule has 4 nitrogen and oxygen atoms in total. The summed E-state index contributed by atoms with van der Waals surface area (Å²) >= 11 is 0. The van der Waals surface area contributed by atoms with E-state index in [1.165, 1.54) is 22.3 Å². The number of aromatic amines is 2. The van der Waals surface area contributed by atoms with Crippen molar-refractivity contribution in [3.05, 3.63) is 94.4 Å². The van der Waals surface area contributed by atoms with Gasteiger partial charge in [-0.2, -0.15) is 0 Å². The normalized spacial score (nSPS) is 15.7. The number of imidazole rings is 1. The lowest BCUT2D eigenvalue weighted by Crippen LogP contribution is -2.32. The molecular formula is C25H25N3O. The molecule has 0 saturated carbocycles. The molecule has 2 heterocycles. The first-order valence-corrected chi connectivity index (χ1v) is 10.3. The summed E-state index contributed by atoms with van der Waals surface area (Å²) in [7, 11) is 0. The summed E-state index contributed by atoms with van der Waals surface area (Å²) < 4.78 is 0. The summed E-state index contributed by atoms with van der Waals surface area (Å²) in [5, 5.41) is 0. The van der Waals surface area contributed by atoms with Gasteiger partial charge in [0.1, 0.15) is 0 Å². The van der Waals surface area contributed by atoms with E-state index in [2.05, 4.69) is 81.6 Å². The average Bonchev–Trinajstić information content (AvgIpc) is 3.15. The van der Waals surface area contributed by atoms with Gasteiger partial charge in [-0.05, 0) is 66.2 Å². The molecule has 1 aliphatic rings. The fraction of sp³-hybridized carbons (Fsp3) is 0.240. The predicted octanol–water partition coefficient (Wildman–Crippen LogP) is 4.90. The number of nitrogens with zero attached hydrogens (tertiary/aromatic N) is 1. The van der Waals surface area contributed by atoms with Crippen molar-refractivity contribution in [3.8, 4) is 11.1 Å². The third kappa shape index (κ3) is 3.89. The molecule has 3 aromatic carbocycles. The molecule has 4 heteroatoms. The van der Waals surface area contributed by atoms with Gasteiger partial charge in [0.05, 0.1) is 11.0 Å². The van der Waals surface area contributed by atoms with Crippen LogP contribution in [0.15, 0.2) is 77.6 Å². The minimum atomic E-state index is -0.134. The van der Waals surface area contributed by atoms with Gasteiger partial charge in [0.25, 0.3) is 0 Å². The van der Waals surface area contributed by atoms with E-state index in [4.69, 9.17) is 0 Å². The van der Waals surface area contributed by atoms with Crippen LogP contribution in [0, 0.1) is 0 Å². The Morgan fingerprint density at radius 2 is 1.48 bits per heavy atom. The van der Waals surface area contributed by atoms with Crippen LogP contribution in [-0.2, 0) is 6.54 Å². The molecule has 146 valence electrons. The smallest absolute Gasteiger partial charge is 0.306 e. The van der Waals surface area contributed by atoms with Crippen LogP contribution in [0.2, 0.25) is 0 Å². The van der Waals surface area contributed by atoms with Crippen LogP contribution in [0.25, 0.3) is 22.2 Å². The number of nitrogens with one attached hydrogen (secondary N) is 2. The van der Waals surface area contributed by atoms with Crippen molar-refractivity contribution in [2.45, 2.75) is 25.3 Å². The van der Waals surface area contributed by atoms with Crippen molar-refractivity contribution >= 4 is 11.0 Å². The second-order valence-electron chi connectivity index (χ2n) is 8.00. The zero-order valence-electron chi connectivity index (χ0n) is 16.4. The highest BCUT2D eigenvalue weighted by Gasteiger charge is 2.21. The Morgan fingerprint density at radius 3 is 2.24 bits per heavy atom. The van der Waals surface area contributed by atoms with Crippen molar-refractivity contribution in [1.29, 1.82) is 0 Å². The van der Waals surface area contributed by atoms with E-state index in [0.717, 1.165) is 43.5 Å². The van der Waals surface area contributed by atoms with Gasteiger partial charge >= 0.3 is 5.69 Å². The molecule has 5 rings (SSSR count). The summed E-state index contributed by atoms with van der Waals surface area (Å²) in [5.41, 5.74) is 6.90. The molecule has 0 atom stereocenters. The largest absolute Gasteiger partial charge is 0.323 e. The van der Waals surface area contributed by atoms with Crippen LogP contribution in [-0.4, -0.2) is 28.0 Å². The highest BCUT2D eigenvalue weighted by Crippen LogP contribution is 2.30. The lowest BCUT2D eigenvalue weighted by atomic mass is 9.89. The Bertz CT molecular complexity index is 1150. The summed E-state index contributed by atoms with van der Waals surface area (Å²) in [6, 6.07) is 25.8. The van der Waals surface area contributed by atoms with Crippen LogP contribution in [0.1, 0.15) is 29.9 Å². The van der Waals surface area contributed by atoms with E-state index in [-0.39, 0.29) is 5.69 Å². The molecule has 0 unspecified atom stereocenters. The molecule has 1 aliphatic heterocycles. The Morgan fingerprint density at radius 1 is 0.793 bits per heavy atom. The predicted molar refractivity (Wildman–Crippen MR) is 118 cm³/mol. The average molecular weight is 383 g/mol. The standard InChI is InChI=1S/C25H25N3O/c29-25-26-23-11-10-22(16-24(23)27-25)21-12-14-28(15-13-21)17-18-6-8-20(9-7-18)19-4-2-1-3-5-19/h1-11,16,21H,12-15,17H2,(H2,26,27,29). The van der Waals surface area contributed by atoms with E-state index in [1.54, 1.807) is 0 Å². The molecule has 1 saturated heterocycles. The van der Waals surface area contributed by atoms with Crippen LogP contribution in [0.5, 0.6) is 0 Å². The Hall–Kier alpha value is -3.11. The van der Waals surface area contributed by atoms with Gasteiger partial charge in [0.2, 0.25) is 0 Å². The second kappa shape index (κ2) is 7.72. The fourth-order valence-electron chi connectivity index (χ4n) is 4.42. The Kier molecular flexibility index (Phi) is 4.78. The SMILES string of the molecule is O=c1[nH]c2ccc(C3CCN(Cc4ccc(-c5ccccc5)cc4)CC3)cc2[nH]1. The van der Waals surface area contributed by atoms with Crippen molar-refractivity contribution in [3.63, 3.8) is 0 Å². The highest BCUT2D eigenvalue weighted by molar-refractivity contribution is 5.75.